The van der Waals surface area contributed by atoms with Crippen molar-refractivity contribution in [2.24, 2.45) is 0 Å². The summed E-state index contributed by atoms with van der Waals surface area (Å²) in [5, 5.41) is 14.7. The highest BCUT2D eigenvalue weighted by molar-refractivity contribution is 5.99. The number of rotatable bonds is 3. The van der Waals surface area contributed by atoms with E-state index in [0.29, 0.717) is 28.0 Å². The number of aromatic hydroxyl groups is 1. The number of hydrogen-bond acceptors (Lipinski definition) is 6. The van der Waals surface area contributed by atoms with E-state index in [9.17, 15) is 5.11 Å². The first kappa shape index (κ1) is 11.5. The number of benzene rings is 1. The van der Waals surface area contributed by atoms with Crippen LogP contribution in [0.2, 0.25) is 0 Å². The molecule has 2 aromatic heterocycles. The minimum Gasteiger partial charge on any atom is -0.504 e. The van der Waals surface area contributed by atoms with Crippen LogP contribution in [-0.2, 0) is 0 Å². The van der Waals surface area contributed by atoms with Crippen LogP contribution >= 0.6 is 0 Å². The van der Waals surface area contributed by atoms with Gasteiger partial charge in [0.15, 0.2) is 17.1 Å². The fourth-order valence-electron chi connectivity index (χ4n) is 2.10. The van der Waals surface area contributed by atoms with Crippen molar-refractivity contribution in [3.8, 4) is 28.6 Å². The quantitative estimate of drug-likeness (QED) is 0.781. The Hall–Kier alpha value is -2.63. The van der Waals surface area contributed by atoms with Crippen molar-refractivity contribution in [1.82, 2.24) is 5.16 Å². The zero-order chi connectivity index (χ0) is 13.4. The maximum absolute atomic E-state index is 10.3. The van der Waals surface area contributed by atoms with Crippen LogP contribution in [0.5, 0.6) is 17.2 Å². The summed E-state index contributed by atoms with van der Waals surface area (Å²) >= 11 is 0. The number of ether oxygens (including phenoxy) is 2. The van der Waals surface area contributed by atoms with Gasteiger partial charge in [0.05, 0.1) is 32.1 Å². The van der Waals surface area contributed by atoms with Crippen molar-refractivity contribution >= 4 is 11.0 Å². The molecule has 6 heteroatoms. The maximum atomic E-state index is 10.3. The number of fused-ring (bicyclic) bond motifs is 1. The van der Waals surface area contributed by atoms with Crippen LogP contribution in [0.15, 0.2) is 33.5 Å². The molecule has 0 unspecified atom stereocenters. The van der Waals surface area contributed by atoms with Crippen molar-refractivity contribution in [2.45, 2.75) is 0 Å². The Labute approximate surface area is 108 Å². The first-order chi connectivity index (χ1) is 9.27. The van der Waals surface area contributed by atoms with E-state index in [-0.39, 0.29) is 11.5 Å². The first-order valence-corrected chi connectivity index (χ1v) is 5.53. The lowest BCUT2D eigenvalue weighted by atomic mass is 10.1. The van der Waals surface area contributed by atoms with Crippen LogP contribution in [-0.4, -0.2) is 24.5 Å². The van der Waals surface area contributed by atoms with Gasteiger partial charge < -0.3 is 23.5 Å². The third kappa shape index (κ3) is 1.53. The van der Waals surface area contributed by atoms with E-state index in [1.54, 1.807) is 12.1 Å². The molecule has 0 saturated carbocycles. The molecule has 0 fully saturated rings. The van der Waals surface area contributed by atoms with Crippen molar-refractivity contribution < 1.29 is 23.5 Å². The number of phenolic OH excluding ortho intramolecular Hbond substituents is 1. The number of nitrogens with zero attached hydrogens (tertiary/aromatic N) is 1. The molecule has 0 radical (unpaired) electrons. The fraction of sp³-hybridized carbons (Fsp3) is 0.154. The summed E-state index contributed by atoms with van der Waals surface area (Å²) in [5.41, 5.74) is 0.797. The maximum Gasteiger partial charge on any atom is 0.205 e. The molecule has 0 amide bonds. The molecule has 0 bridgehead atoms. The number of methoxy groups -OCH3 is 2. The summed E-state index contributed by atoms with van der Waals surface area (Å²) in [6, 6.07) is 3.36. The summed E-state index contributed by atoms with van der Waals surface area (Å²) in [6.07, 6.45) is 2.99. The van der Waals surface area contributed by atoms with Crippen LogP contribution in [0.4, 0.5) is 0 Å². The van der Waals surface area contributed by atoms with Gasteiger partial charge >= 0.3 is 0 Å². The molecule has 0 aliphatic heterocycles. The average Bonchev–Trinajstić information content (AvgIpc) is 3.07. The molecule has 0 aliphatic rings. The normalized spacial score (nSPS) is 10.8. The van der Waals surface area contributed by atoms with Gasteiger partial charge in [-0.1, -0.05) is 5.16 Å². The number of aromatic nitrogens is 1. The highest BCUT2D eigenvalue weighted by atomic mass is 16.5. The molecule has 1 aromatic carbocycles. The van der Waals surface area contributed by atoms with Gasteiger partial charge in [0.2, 0.25) is 5.75 Å². The molecule has 0 spiro atoms. The Morgan fingerprint density at radius 2 is 1.95 bits per heavy atom. The monoisotopic (exact) mass is 261 g/mol. The standard InChI is InChI=1S/C13H11NO5/c1-16-11-7-4-6-18-12(7)13(17-2)10(15)9(11)8-3-5-14-19-8/h3-6,15H,1-2H3. The third-order valence-corrected chi connectivity index (χ3v) is 2.89. The Morgan fingerprint density at radius 3 is 2.58 bits per heavy atom. The van der Waals surface area contributed by atoms with Crippen LogP contribution in [0.3, 0.4) is 0 Å². The van der Waals surface area contributed by atoms with Gasteiger partial charge in [-0.15, -0.1) is 0 Å². The lowest BCUT2D eigenvalue weighted by molar-refractivity contribution is 0.363. The van der Waals surface area contributed by atoms with Crippen molar-refractivity contribution in [2.75, 3.05) is 14.2 Å². The Morgan fingerprint density at radius 1 is 1.16 bits per heavy atom. The van der Waals surface area contributed by atoms with Crippen molar-refractivity contribution in [1.29, 1.82) is 0 Å². The van der Waals surface area contributed by atoms with Crippen LogP contribution < -0.4 is 9.47 Å². The number of phenols is 1. The molecule has 98 valence electrons. The second-order valence-corrected chi connectivity index (χ2v) is 3.83. The second-order valence-electron chi connectivity index (χ2n) is 3.83. The van der Waals surface area contributed by atoms with Gasteiger partial charge in [0, 0.05) is 6.07 Å². The average molecular weight is 261 g/mol. The highest BCUT2D eigenvalue weighted by Crippen LogP contribution is 2.50. The van der Waals surface area contributed by atoms with E-state index in [1.807, 2.05) is 0 Å². The SMILES string of the molecule is COc1c(-c2ccno2)c(O)c(OC)c2occc12. The lowest BCUT2D eigenvalue weighted by Gasteiger charge is -2.12. The summed E-state index contributed by atoms with van der Waals surface area (Å²) in [5.74, 6) is 0.945. The molecule has 0 atom stereocenters. The van der Waals surface area contributed by atoms with Gasteiger partial charge in [-0.25, -0.2) is 0 Å². The van der Waals surface area contributed by atoms with Crippen molar-refractivity contribution in [3.05, 3.63) is 24.6 Å². The van der Waals surface area contributed by atoms with E-state index >= 15 is 0 Å². The smallest absolute Gasteiger partial charge is 0.205 e. The van der Waals surface area contributed by atoms with E-state index < -0.39 is 0 Å². The van der Waals surface area contributed by atoms with Crippen LogP contribution in [0.25, 0.3) is 22.3 Å². The number of furan rings is 1. The second kappa shape index (κ2) is 4.24. The van der Waals surface area contributed by atoms with Gasteiger partial charge in [0.1, 0.15) is 11.3 Å². The molecule has 3 aromatic rings. The molecule has 1 N–H and O–H groups in total. The zero-order valence-electron chi connectivity index (χ0n) is 10.3. The Kier molecular flexibility index (Phi) is 2.56. The molecule has 19 heavy (non-hydrogen) atoms. The molecule has 3 rings (SSSR count). The molecule has 6 nitrogen and oxygen atoms in total. The van der Waals surface area contributed by atoms with E-state index in [1.165, 1.54) is 26.7 Å². The minimum atomic E-state index is -0.112. The minimum absolute atomic E-state index is 0.112. The van der Waals surface area contributed by atoms with Crippen molar-refractivity contribution in [3.63, 3.8) is 0 Å². The van der Waals surface area contributed by atoms with Gasteiger partial charge in [0.25, 0.3) is 0 Å². The van der Waals surface area contributed by atoms with Gasteiger partial charge in [-0.3, -0.25) is 0 Å². The first-order valence-electron chi connectivity index (χ1n) is 5.53. The molecule has 2 heterocycles. The Balaban J connectivity index is 2.45. The lowest BCUT2D eigenvalue weighted by Crippen LogP contribution is -1.93. The molecule has 0 aliphatic carbocycles. The van der Waals surface area contributed by atoms with E-state index in [4.69, 9.17) is 18.4 Å². The molecular weight excluding hydrogens is 250 g/mol. The van der Waals surface area contributed by atoms with Gasteiger partial charge in [-0.05, 0) is 6.07 Å². The number of hydrogen-bond donors (Lipinski definition) is 1. The van der Waals surface area contributed by atoms with E-state index in [2.05, 4.69) is 5.16 Å². The highest BCUT2D eigenvalue weighted by Gasteiger charge is 2.25. The summed E-state index contributed by atoms with van der Waals surface area (Å²) in [7, 11) is 2.96. The summed E-state index contributed by atoms with van der Waals surface area (Å²) in [4.78, 5) is 0. The molecular formula is C13H11NO5. The van der Waals surface area contributed by atoms with E-state index in [0.717, 1.165) is 0 Å². The molecule has 0 saturated heterocycles. The predicted octanol–water partition coefficient (Wildman–Crippen LogP) is 2.81. The Bertz CT molecular complexity index is 714. The summed E-state index contributed by atoms with van der Waals surface area (Å²) < 4.78 is 21.0. The zero-order valence-corrected chi connectivity index (χ0v) is 10.3. The third-order valence-electron chi connectivity index (χ3n) is 2.89. The summed E-state index contributed by atoms with van der Waals surface area (Å²) in [6.45, 7) is 0. The van der Waals surface area contributed by atoms with Gasteiger partial charge in [-0.2, -0.15) is 0 Å². The topological polar surface area (TPSA) is 77.9 Å². The fourth-order valence-corrected chi connectivity index (χ4v) is 2.10. The van der Waals surface area contributed by atoms with Crippen LogP contribution in [0, 0.1) is 0 Å². The van der Waals surface area contributed by atoms with Crippen LogP contribution in [0.1, 0.15) is 0 Å². The largest absolute Gasteiger partial charge is 0.504 e. The predicted molar refractivity (Wildman–Crippen MR) is 66.5 cm³/mol.